The predicted octanol–water partition coefficient (Wildman–Crippen LogP) is 1.55. The van der Waals surface area contributed by atoms with Gasteiger partial charge in [0.1, 0.15) is 11.3 Å². The van der Waals surface area contributed by atoms with Crippen LogP contribution >= 0.6 is 0 Å². The third-order valence-corrected chi connectivity index (χ3v) is 7.66. The molecule has 0 amide bonds. The van der Waals surface area contributed by atoms with Crippen LogP contribution < -0.4 is 20.0 Å². The van der Waals surface area contributed by atoms with E-state index < -0.39 is 0 Å². The molecular weight excluding hydrogens is 466 g/mol. The second-order valence-electron chi connectivity index (χ2n) is 10.4. The molecule has 2 atom stereocenters. The first-order chi connectivity index (χ1) is 18.1. The number of aryl methyl sites for hydroxylation is 1. The molecule has 3 saturated heterocycles. The Hall–Kier alpha value is -3.08. The van der Waals surface area contributed by atoms with Gasteiger partial charge in [-0.2, -0.15) is 4.98 Å². The number of rotatable bonds is 5. The zero-order valence-corrected chi connectivity index (χ0v) is 21.9. The molecule has 10 heteroatoms. The Kier molecular flexibility index (Phi) is 7.04. The number of nitrogens with one attached hydrogen (secondary N) is 1. The van der Waals surface area contributed by atoms with Crippen molar-refractivity contribution in [2.45, 2.75) is 26.1 Å². The molecule has 0 radical (unpaired) electrons. The molecule has 0 saturated carbocycles. The standard InChI is InChI=1S/C27H37N9O/c1-20-3-4-23(26-25(20)29-7-8-30-26)36-17-21(2)37-22(19-36)18-33-13-15-35(16-14-33)27-31-6-5-24(32-27)34-11-9-28-10-12-34/h3-8,21-22,28H,9-19H2,1-2H3. The monoisotopic (exact) mass is 503 g/mol. The molecule has 3 aromatic rings. The van der Waals surface area contributed by atoms with Crippen LogP contribution in [-0.2, 0) is 4.74 Å². The second kappa shape index (κ2) is 10.7. The summed E-state index contributed by atoms with van der Waals surface area (Å²) in [7, 11) is 0. The van der Waals surface area contributed by atoms with Crippen LogP contribution in [0.2, 0.25) is 0 Å². The summed E-state index contributed by atoms with van der Waals surface area (Å²) in [6.07, 6.45) is 5.77. The first kappa shape index (κ1) is 24.3. The summed E-state index contributed by atoms with van der Waals surface area (Å²) in [6.45, 7) is 14.7. The molecule has 196 valence electrons. The molecule has 1 aromatic carbocycles. The zero-order chi connectivity index (χ0) is 25.2. The van der Waals surface area contributed by atoms with Gasteiger partial charge in [-0.15, -0.1) is 0 Å². The Morgan fingerprint density at radius 2 is 1.62 bits per heavy atom. The molecule has 3 fully saturated rings. The van der Waals surface area contributed by atoms with Crippen molar-refractivity contribution in [2.75, 3.05) is 86.7 Å². The van der Waals surface area contributed by atoms with E-state index in [0.29, 0.717) is 0 Å². The Morgan fingerprint density at radius 3 is 2.43 bits per heavy atom. The lowest BCUT2D eigenvalue weighted by molar-refractivity contribution is -0.0327. The fourth-order valence-corrected chi connectivity index (χ4v) is 5.75. The smallest absolute Gasteiger partial charge is 0.227 e. The summed E-state index contributed by atoms with van der Waals surface area (Å²) >= 11 is 0. The molecule has 0 bridgehead atoms. The van der Waals surface area contributed by atoms with E-state index in [1.807, 2.05) is 12.3 Å². The fraction of sp³-hybridized carbons (Fsp3) is 0.556. The van der Waals surface area contributed by atoms with Crippen molar-refractivity contribution in [3.63, 3.8) is 0 Å². The van der Waals surface area contributed by atoms with E-state index in [0.717, 1.165) is 106 Å². The Labute approximate surface area is 218 Å². The number of morpholine rings is 1. The van der Waals surface area contributed by atoms with Gasteiger partial charge in [0, 0.05) is 90.6 Å². The molecule has 2 unspecified atom stereocenters. The van der Waals surface area contributed by atoms with Crippen molar-refractivity contribution in [1.82, 2.24) is 30.2 Å². The van der Waals surface area contributed by atoms with Crippen LogP contribution in [0.5, 0.6) is 0 Å². The van der Waals surface area contributed by atoms with Crippen LogP contribution in [-0.4, -0.2) is 109 Å². The van der Waals surface area contributed by atoms with Crippen molar-refractivity contribution in [3.8, 4) is 0 Å². The van der Waals surface area contributed by atoms with Crippen LogP contribution in [0.3, 0.4) is 0 Å². The number of hydrogen-bond donors (Lipinski definition) is 1. The highest BCUT2D eigenvalue weighted by atomic mass is 16.5. The van der Waals surface area contributed by atoms with Gasteiger partial charge in [-0.25, -0.2) is 4.98 Å². The van der Waals surface area contributed by atoms with Crippen molar-refractivity contribution >= 4 is 28.5 Å². The molecule has 2 aromatic heterocycles. The number of ether oxygens (including phenoxy) is 1. The highest BCUT2D eigenvalue weighted by Crippen LogP contribution is 2.29. The lowest BCUT2D eigenvalue weighted by atomic mass is 10.1. The number of anilines is 3. The van der Waals surface area contributed by atoms with Crippen LogP contribution in [0.1, 0.15) is 12.5 Å². The van der Waals surface area contributed by atoms with E-state index in [9.17, 15) is 0 Å². The number of piperazine rings is 2. The van der Waals surface area contributed by atoms with Gasteiger partial charge < -0.3 is 24.8 Å². The number of benzene rings is 1. The van der Waals surface area contributed by atoms with E-state index in [2.05, 4.69) is 65.8 Å². The lowest BCUT2D eigenvalue weighted by Gasteiger charge is -2.42. The maximum atomic E-state index is 6.40. The van der Waals surface area contributed by atoms with E-state index in [-0.39, 0.29) is 12.2 Å². The van der Waals surface area contributed by atoms with Gasteiger partial charge >= 0.3 is 0 Å². The van der Waals surface area contributed by atoms with E-state index in [4.69, 9.17) is 9.72 Å². The predicted molar refractivity (Wildman–Crippen MR) is 147 cm³/mol. The highest BCUT2D eigenvalue weighted by molar-refractivity contribution is 5.90. The number of hydrogen-bond acceptors (Lipinski definition) is 10. The molecule has 3 aliphatic rings. The SMILES string of the molecule is Cc1ccc(N2CC(C)OC(CN3CCN(c4nccc(N5CCNCC5)n4)CC3)C2)c2nccnc12. The third-order valence-electron chi connectivity index (χ3n) is 7.66. The summed E-state index contributed by atoms with van der Waals surface area (Å²) in [5.41, 5.74) is 4.27. The summed E-state index contributed by atoms with van der Waals surface area (Å²) in [6, 6.07) is 6.37. The van der Waals surface area contributed by atoms with E-state index >= 15 is 0 Å². The van der Waals surface area contributed by atoms with Crippen molar-refractivity contribution in [1.29, 1.82) is 0 Å². The van der Waals surface area contributed by atoms with Crippen molar-refractivity contribution in [3.05, 3.63) is 42.4 Å². The Bertz CT molecular complexity index is 1210. The molecule has 10 nitrogen and oxygen atoms in total. The molecule has 6 rings (SSSR count). The number of fused-ring (bicyclic) bond motifs is 1. The minimum atomic E-state index is 0.149. The number of aromatic nitrogens is 4. The van der Waals surface area contributed by atoms with Crippen LogP contribution in [0, 0.1) is 6.92 Å². The Morgan fingerprint density at radius 1 is 0.838 bits per heavy atom. The van der Waals surface area contributed by atoms with Crippen LogP contribution in [0.4, 0.5) is 17.5 Å². The lowest BCUT2D eigenvalue weighted by Crippen LogP contribution is -2.54. The minimum Gasteiger partial charge on any atom is -0.370 e. The molecule has 3 aliphatic heterocycles. The van der Waals surface area contributed by atoms with Gasteiger partial charge in [-0.3, -0.25) is 14.9 Å². The summed E-state index contributed by atoms with van der Waals surface area (Å²) in [5, 5.41) is 3.41. The summed E-state index contributed by atoms with van der Waals surface area (Å²) in [5.74, 6) is 1.88. The first-order valence-electron chi connectivity index (χ1n) is 13.5. The fourth-order valence-electron chi connectivity index (χ4n) is 5.75. The largest absolute Gasteiger partial charge is 0.370 e. The van der Waals surface area contributed by atoms with Crippen molar-refractivity contribution < 1.29 is 4.74 Å². The summed E-state index contributed by atoms with van der Waals surface area (Å²) < 4.78 is 6.40. The molecule has 1 N–H and O–H groups in total. The van der Waals surface area contributed by atoms with E-state index in [1.165, 1.54) is 0 Å². The molecule has 5 heterocycles. The van der Waals surface area contributed by atoms with E-state index in [1.54, 1.807) is 12.4 Å². The Balaban J connectivity index is 1.08. The van der Waals surface area contributed by atoms with Crippen LogP contribution in [0.15, 0.2) is 36.8 Å². The van der Waals surface area contributed by atoms with Gasteiger partial charge in [0.25, 0.3) is 0 Å². The average Bonchev–Trinajstić information content (AvgIpc) is 2.94. The third kappa shape index (κ3) is 5.32. The van der Waals surface area contributed by atoms with Crippen LogP contribution in [0.25, 0.3) is 11.0 Å². The molecule has 37 heavy (non-hydrogen) atoms. The maximum absolute atomic E-state index is 6.40. The maximum Gasteiger partial charge on any atom is 0.227 e. The number of nitrogens with zero attached hydrogens (tertiary/aromatic N) is 8. The quantitative estimate of drug-likeness (QED) is 0.554. The highest BCUT2D eigenvalue weighted by Gasteiger charge is 2.30. The molecule has 0 aliphatic carbocycles. The molecule has 0 spiro atoms. The zero-order valence-electron chi connectivity index (χ0n) is 21.9. The molecular formula is C27H37N9O. The van der Waals surface area contributed by atoms with Gasteiger partial charge in [-0.1, -0.05) is 6.07 Å². The van der Waals surface area contributed by atoms with Gasteiger partial charge in [0.05, 0.1) is 23.4 Å². The topological polar surface area (TPSA) is 85.8 Å². The minimum absolute atomic E-state index is 0.149. The second-order valence-corrected chi connectivity index (χ2v) is 10.4. The first-order valence-corrected chi connectivity index (χ1v) is 13.5. The summed E-state index contributed by atoms with van der Waals surface area (Å²) in [4.78, 5) is 28.4. The van der Waals surface area contributed by atoms with Gasteiger partial charge in [-0.05, 0) is 31.5 Å². The van der Waals surface area contributed by atoms with Crippen molar-refractivity contribution in [2.24, 2.45) is 0 Å². The van der Waals surface area contributed by atoms with Gasteiger partial charge in [0.15, 0.2) is 0 Å². The van der Waals surface area contributed by atoms with Gasteiger partial charge in [0.2, 0.25) is 5.95 Å². The normalized spacial score (nSPS) is 23.6. The average molecular weight is 504 g/mol.